The molecule has 5 N–H and O–H groups in total. The number of nitrogens with two attached hydrogens (primary N) is 1. The van der Waals surface area contributed by atoms with Gasteiger partial charge in [0.2, 0.25) is 5.91 Å². The van der Waals surface area contributed by atoms with Gasteiger partial charge < -0.3 is 21.3 Å². The number of para-hydroxylation sites is 1. The predicted molar refractivity (Wildman–Crippen MR) is 70.2 cm³/mol. The minimum Gasteiger partial charge on any atom is -0.507 e. The summed E-state index contributed by atoms with van der Waals surface area (Å²) in [5, 5.41) is 21.0. The Morgan fingerprint density at radius 2 is 2.00 bits per heavy atom. The van der Waals surface area contributed by atoms with Crippen molar-refractivity contribution < 1.29 is 24.6 Å². The number of nitrogens with one attached hydrogen (secondary N) is 1. The Bertz CT molecular complexity index is 542. The van der Waals surface area contributed by atoms with Crippen LogP contribution in [-0.2, 0) is 9.59 Å². The summed E-state index contributed by atoms with van der Waals surface area (Å²) in [6, 6.07) is 3.33. The zero-order chi connectivity index (χ0) is 15.3. The molecule has 0 aliphatic rings. The number of carbonyl (C=O) groups is 3. The number of hydrogen-bond acceptors (Lipinski definition) is 4. The number of benzene rings is 1. The molecule has 0 spiro atoms. The topological polar surface area (TPSA) is 130 Å². The van der Waals surface area contributed by atoms with Crippen LogP contribution in [0.25, 0.3) is 0 Å². The summed E-state index contributed by atoms with van der Waals surface area (Å²) in [6.07, 6.45) is -0.264. The number of carbonyl (C=O) groups excluding carboxylic acids is 2. The van der Waals surface area contributed by atoms with Crippen molar-refractivity contribution in [1.29, 1.82) is 0 Å². The van der Waals surface area contributed by atoms with Crippen molar-refractivity contribution in [1.82, 2.24) is 5.32 Å². The first kappa shape index (κ1) is 15.5. The Morgan fingerprint density at radius 3 is 2.55 bits per heavy atom. The van der Waals surface area contributed by atoms with Crippen molar-refractivity contribution in [2.24, 2.45) is 5.73 Å². The smallest absolute Gasteiger partial charge is 0.326 e. The summed E-state index contributed by atoms with van der Waals surface area (Å²) >= 11 is 0. The summed E-state index contributed by atoms with van der Waals surface area (Å²) in [4.78, 5) is 33.6. The van der Waals surface area contributed by atoms with Gasteiger partial charge in [0.15, 0.2) is 0 Å². The molecule has 7 heteroatoms. The first-order chi connectivity index (χ1) is 9.32. The first-order valence-electron chi connectivity index (χ1n) is 5.93. The number of carboxylic acids is 1. The molecule has 108 valence electrons. The summed E-state index contributed by atoms with van der Waals surface area (Å²) in [5.41, 5.74) is 5.43. The van der Waals surface area contributed by atoms with Gasteiger partial charge in [0.05, 0.1) is 5.56 Å². The van der Waals surface area contributed by atoms with E-state index in [2.05, 4.69) is 5.32 Å². The molecule has 0 aliphatic carbocycles. The van der Waals surface area contributed by atoms with Gasteiger partial charge in [0, 0.05) is 6.42 Å². The van der Waals surface area contributed by atoms with E-state index in [1.54, 1.807) is 19.1 Å². The van der Waals surface area contributed by atoms with Gasteiger partial charge in [0.1, 0.15) is 11.8 Å². The third kappa shape index (κ3) is 3.98. The van der Waals surface area contributed by atoms with E-state index in [0.717, 1.165) is 0 Å². The molecule has 0 fully saturated rings. The second-order valence-electron chi connectivity index (χ2n) is 4.34. The van der Waals surface area contributed by atoms with Crippen molar-refractivity contribution >= 4 is 17.8 Å². The molecule has 1 aromatic rings. The lowest BCUT2D eigenvalue weighted by atomic mass is 10.1. The molecule has 1 aromatic carbocycles. The number of aromatic hydroxyl groups is 1. The van der Waals surface area contributed by atoms with E-state index >= 15 is 0 Å². The second kappa shape index (κ2) is 6.55. The molecule has 0 bridgehead atoms. The molecule has 0 aromatic heterocycles. The lowest BCUT2D eigenvalue weighted by Gasteiger charge is -2.14. The van der Waals surface area contributed by atoms with Gasteiger partial charge in [-0.15, -0.1) is 0 Å². The highest BCUT2D eigenvalue weighted by Crippen LogP contribution is 2.21. The number of phenols is 1. The molecule has 0 heterocycles. The van der Waals surface area contributed by atoms with E-state index in [1.807, 2.05) is 0 Å². The molecule has 20 heavy (non-hydrogen) atoms. The monoisotopic (exact) mass is 280 g/mol. The molecule has 7 nitrogen and oxygen atoms in total. The van der Waals surface area contributed by atoms with Gasteiger partial charge in [-0.05, 0) is 25.0 Å². The van der Waals surface area contributed by atoms with Crippen LogP contribution in [0.5, 0.6) is 5.75 Å². The van der Waals surface area contributed by atoms with Crippen molar-refractivity contribution in [2.45, 2.75) is 25.8 Å². The molecule has 2 amide bonds. The molecule has 1 atom stereocenters. The Hall–Kier alpha value is -2.57. The van der Waals surface area contributed by atoms with Crippen LogP contribution in [0.1, 0.15) is 28.8 Å². The average molecular weight is 280 g/mol. The number of carboxylic acid groups (broad SMARTS) is 1. The molecule has 0 aliphatic heterocycles. The number of aryl methyl sites for hydroxylation is 1. The minimum atomic E-state index is -1.27. The van der Waals surface area contributed by atoms with Crippen LogP contribution >= 0.6 is 0 Å². The third-order valence-electron chi connectivity index (χ3n) is 2.77. The standard InChI is InChI=1S/C13H16N2O5/c1-7-3-2-4-8(11(7)17)12(18)15-9(13(19)20)5-6-10(14)16/h2-4,9,17H,5-6H2,1H3,(H2,14,16)(H,15,18)(H,19,20)/t9-/m0/s1. The number of amides is 2. The maximum atomic E-state index is 11.9. The quantitative estimate of drug-likeness (QED) is 0.589. The molecular formula is C13H16N2O5. The summed E-state index contributed by atoms with van der Waals surface area (Å²) in [6.45, 7) is 1.62. The Balaban J connectivity index is 2.83. The SMILES string of the molecule is Cc1cccc(C(=O)N[C@@H](CCC(N)=O)C(=O)O)c1O. The van der Waals surface area contributed by atoms with Gasteiger partial charge in [-0.2, -0.15) is 0 Å². The zero-order valence-corrected chi connectivity index (χ0v) is 10.9. The fourth-order valence-corrected chi connectivity index (χ4v) is 1.62. The van der Waals surface area contributed by atoms with E-state index in [0.29, 0.717) is 5.56 Å². The molecule has 0 saturated carbocycles. The fraction of sp³-hybridized carbons (Fsp3) is 0.308. The number of aliphatic carboxylic acids is 1. The van der Waals surface area contributed by atoms with E-state index in [1.165, 1.54) is 6.07 Å². The van der Waals surface area contributed by atoms with Gasteiger partial charge in [-0.25, -0.2) is 4.79 Å². The molecular weight excluding hydrogens is 264 g/mol. The normalized spacial score (nSPS) is 11.7. The van der Waals surface area contributed by atoms with E-state index in [-0.39, 0.29) is 24.2 Å². The lowest BCUT2D eigenvalue weighted by molar-refractivity contribution is -0.139. The van der Waals surface area contributed by atoms with E-state index < -0.39 is 23.8 Å². The zero-order valence-electron chi connectivity index (χ0n) is 10.9. The highest BCUT2D eigenvalue weighted by Gasteiger charge is 2.22. The summed E-state index contributed by atoms with van der Waals surface area (Å²) < 4.78 is 0. The molecule has 0 saturated heterocycles. The lowest BCUT2D eigenvalue weighted by Crippen LogP contribution is -2.41. The number of rotatable bonds is 6. The van der Waals surface area contributed by atoms with Crippen LogP contribution in [0.15, 0.2) is 18.2 Å². The maximum absolute atomic E-state index is 11.9. The first-order valence-corrected chi connectivity index (χ1v) is 5.93. The third-order valence-corrected chi connectivity index (χ3v) is 2.77. The largest absolute Gasteiger partial charge is 0.507 e. The van der Waals surface area contributed by atoms with Crippen molar-refractivity contribution in [3.8, 4) is 5.75 Å². The number of phenolic OH excluding ortho intramolecular Hbond substituents is 1. The van der Waals surface area contributed by atoms with Crippen LogP contribution in [-0.4, -0.2) is 34.0 Å². The number of primary amides is 1. The second-order valence-corrected chi connectivity index (χ2v) is 4.34. The van der Waals surface area contributed by atoms with Crippen LogP contribution in [0.3, 0.4) is 0 Å². The predicted octanol–water partition coefficient (Wildman–Crippen LogP) is 0.149. The van der Waals surface area contributed by atoms with Gasteiger partial charge in [-0.3, -0.25) is 9.59 Å². The van der Waals surface area contributed by atoms with Gasteiger partial charge >= 0.3 is 5.97 Å². The summed E-state index contributed by atoms with van der Waals surface area (Å²) in [7, 11) is 0. The highest BCUT2D eigenvalue weighted by atomic mass is 16.4. The van der Waals surface area contributed by atoms with Crippen LogP contribution < -0.4 is 11.1 Å². The van der Waals surface area contributed by atoms with Gasteiger partial charge in [-0.1, -0.05) is 12.1 Å². The van der Waals surface area contributed by atoms with E-state index in [4.69, 9.17) is 10.8 Å². The molecule has 1 rings (SSSR count). The Labute approximate surface area is 115 Å². The molecule has 0 radical (unpaired) electrons. The van der Waals surface area contributed by atoms with Crippen molar-refractivity contribution in [3.05, 3.63) is 29.3 Å². The van der Waals surface area contributed by atoms with Gasteiger partial charge in [0.25, 0.3) is 5.91 Å². The maximum Gasteiger partial charge on any atom is 0.326 e. The minimum absolute atomic E-state index is 0.0182. The van der Waals surface area contributed by atoms with Crippen LogP contribution in [0.2, 0.25) is 0 Å². The fourth-order valence-electron chi connectivity index (χ4n) is 1.62. The van der Waals surface area contributed by atoms with E-state index in [9.17, 15) is 19.5 Å². The Kier molecular flexibility index (Phi) is 5.08. The van der Waals surface area contributed by atoms with Crippen LogP contribution in [0, 0.1) is 6.92 Å². The van der Waals surface area contributed by atoms with Crippen molar-refractivity contribution in [3.63, 3.8) is 0 Å². The highest BCUT2D eigenvalue weighted by molar-refractivity contribution is 5.99. The average Bonchev–Trinajstić information content (AvgIpc) is 2.36. The summed E-state index contributed by atoms with van der Waals surface area (Å²) in [5.74, 6) is -2.84. The number of hydrogen-bond donors (Lipinski definition) is 4. The Morgan fingerprint density at radius 1 is 1.35 bits per heavy atom. The van der Waals surface area contributed by atoms with Crippen LogP contribution in [0.4, 0.5) is 0 Å². The molecule has 0 unspecified atom stereocenters. The van der Waals surface area contributed by atoms with Crippen molar-refractivity contribution in [2.75, 3.05) is 0 Å².